The van der Waals surface area contributed by atoms with Crippen molar-refractivity contribution in [3.05, 3.63) is 39.8 Å². The Balaban J connectivity index is 1.81. The lowest BCUT2D eigenvalue weighted by atomic mass is 9.70. The van der Waals surface area contributed by atoms with E-state index in [-0.39, 0.29) is 30.2 Å². The second-order valence-corrected chi connectivity index (χ2v) is 6.02. The van der Waals surface area contributed by atoms with Crippen LogP contribution in [0.4, 0.5) is 18.9 Å². The van der Waals surface area contributed by atoms with Gasteiger partial charge >= 0.3 is 6.18 Å². The second kappa shape index (κ2) is 5.80. The molecule has 0 atom stereocenters. The van der Waals surface area contributed by atoms with Gasteiger partial charge in [-0.25, -0.2) is 0 Å². The van der Waals surface area contributed by atoms with Gasteiger partial charge in [0.25, 0.3) is 5.69 Å². The number of hydrogen-bond acceptors (Lipinski definition) is 6. The van der Waals surface area contributed by atoms with Crippen LogP contribution in [0, 0.1) is 17.0 Å². The molecule has 0 spiro atoms. The van der Waals surface area contributed by atoms with Gasteiger partial charge in [0.1, 0.15) is 0 Å². The van der Waals surface area contributed by atoms with Crippen molar-refractivity contribution in [2.75, 3.05) is 7.11 Å². The first-order valence-corrected chi connectivity index (χ1v) is 7.38. The van der Waals surface area contributed by atoms with E-state index in [1.165, 1.54) is 6.07 Å². The van der Waals surface area contributed by atoms with Gasteiger partial charge < -0.3 is 9.26 Å². The normalized spacial score (nSPS) is 23.3. The number of nitrogens with zero attached hydrogens (tertiary/aromatic N) is 3. The van der Waals surface area contributed by atoms with Crippen molar-refractivity contribution in [3.63, 3.8) is 0 Å². The van der Waals surface area contributed by atoms with Crippen molar-refractivity contribution < 1.29 is 27.4 Å². The summed E-state index contributed by atoms with van der Waals surface area (Å²) in [5, 5.41) is 14.7. The Labute approximate surface area is 139 Å². The summed E-state index contributed by atoms with van der Waals surface area (Å²) in [6.45, 7) is 1.60. The van der Waals surface area contributed by atoms with Crippen molar-refractivity contribution in [1.29, 1.82) is 0 Å². The molecule has 7 nitrogen and oxygen atoms in total. The maximum atomic E-state index is 13.0. The summed E-state index contributed by atoms with van der Waals surface area (Å²) in [4.78, 5) is 14.6. The molecule has 1 aliphatic carbocycles. The van der Waals surface area contributed by atoms with Gasteiger partial charge in [-0.05, 0) is 19.8 Å². The van der Waals surface area contributed by atoms with Gasteiger partial charge in [0.05, 0.1) is 4.92 Å². The summed E-state index contributed by atoms with van der Waals surface area (Å²) >= 11 is 0. The largest absolute Gasteiger partial charge is 0.417 e. The van der Waals surface area contributed by atoms with Crippen molar-refractivity contribution in [3.8, 4) is 11.4 Å². The molecule has 0 bridgehead atoms. The van der Waals surface area contributed by atoms with E-state index >= 15 is 0 Å². The van der Waals surface area contributed by atoms with E-state index in [9.17, 15) is 23.3 Å². The average Bonchev–Trinajstić information content (AvgIpc) is 2.95. The highest BCUT2D eigenvalue weighted by molar-refractivity contribution is 5.60. The lowest BCUT2D eigenvalue weighted by Crippen LogP contribution is -2.55. The van der Waals surface area contributed by atoms with E-state index in [4.69, 9.17) is 4.52 Å². The molecule has 25 heavy (non-hydrogen) atoms. The van der Waals surface area contributed by atoms with E-state index < -0.39 is 22.6 Å². The molecule has 10 heteroatoms. The van der Waals surface area contributed by atoms with E-state index in [0.29, 0.717) is 11.1 Å². The fraction of sp³-hybridized carbons (Fsp3) is 0.467. The standard InChI is InChI=1S/C15H14F3N3O4/c1-8-3-4-9(5-11(8)21(22)23)12-19-13(25-20-12)10-6-14(7-10,24-2)15(16,17)18/h3-5,10H,6-7H2,1-2H3. The van der Waals surface area contributed by atoms with Crippen LogP contribution in [0.3, 0.4) is 0 Å². The number of rotatable bonds is 4. The molecule has 3 rings (SSSR count). The predicted octanol–water partition coefficient (Wildman–Crippen LogP) is 3.78. The zero-order chi connectivity index (χ0) is 18.4. The number of aryl methyl sites for hydroxylation is 1. The summed E-state index contributed by atoms with van der Waals surface area (Å²) in [5.41, 5.74) is -1.44. The zero-order valence-electron chi connectivity index (χ0n) is 13.3. The van der Waals surface area contributed by atoms with Crippen LogP contribution in [0.15, 0.2) is 22.7 Å². The summed E-state index contributed by atoms with van der Waals surface area (Å²) in [6, 6.07) is 4.44. The Morgan fingerprint density at radius 2 is 2.08 bits per heavy atom. The molecular weight excluding hydrogens is 343 g/mol. The van der Waals surface area contributed by atoms with Crippen LogP contribution in [0.2, 0.25) is 0 Å². The number of ether oxygens (including phenoxy) is 1. The van der Waals surface area contributed by atoms with Gasteiger partial charge in [0.15, 0.2) is 5.60 Å². The topological polar surface area (TPSA) is 91.3 Å². The summed E-state index contributed by atoms with van der Waals surface area (Å²) < 4.78 is 48.8. The quantitative estimate of drug-likeness (QED) is 0.611. The molecule has 1 saturated carbocycles. The molecule has 1 aromatic heterocycles. The molecular formula is C15H14F3N3O4. The zero-order valence-corrected chi connectivity index (χ0v) is 13.3. The minimum Gasteiger partial charge on any atom is -0.369 e. The number of halogens is 3. The number of hydrogen-bond donors (Lipinski definition) is 0. The minimum absolute atomic E-state index is 0.0650. The fourth-order valence-corrected chi connectivity index (χ4v) is 2.89. The first kappa shape index (κ1) is 17.3. The molecule has 1 heterocycles. The number of methoxy groups -OCH3 is 1. The first-order valence-electron chi connectivity index (χ1n) is 7.38. The molecule has 2 aromatic rings. The lowest BCUT2D eigenvalue weighted by molar-refractivity contribution is -0.385. The molecule has 1 aliphatic rings. The predicted molar refractivity (Wildman–Crippen MR) is 78.9 cm³/mol. The van der Waals surface area contributed by atoms with Crippen molar-refractivity contribution in [2.24, 2.45) is 0 Å². The van der Waals surface area contributed by atoms with Crippen LogP contribution in [0.5, 0.6) is 0 Å². The molecule has 0 saturated heterocycles. The Morgan fingerprint density at radius 1 is 1.40 bits per heavy atom. The van der Waals surface area contributed by atoms with Crippen molar-refractivity contribution in [2.45, 2.75) is 37.5 Å². The Kier molecular flexibility index (Phi) is 4.02. The molecule has 0 amide bonds. The van der Waals surface area contributed by atoms with E-state index in [0.717, 1.165) is 7.11 Å². The number of benzene rings is 1. The highest BCUT2D eigenvalue weighted by Gasteiger charge is 2.64. The third-order valence-corrected chi connectivity index (χ3v) is 4.51. The van der Waals surface area contributed by atoms with Crippen LogP contribution in [0.25, 0.3) is 11.4 Å². The molecule has 0 N–H and O–H groups in total. The minimum atomic E-state index is -4.47. The second-order valence-electron chi connectivity index (χ2n) is 6.02. The van der Waals surface area contributed by atoms with Crippen LogP contribution in [0.1, 0.15) is 30.2 Å². The summed E-state index contributed by atoms with van der Waals surface area (Å²) in [6.07, 6.45) is -5.08. The van der Waals surface area contributed by atoms with Crippen LogP contribution in [-0.4, -0.2) is 34.0 Å². The maximum Gasteiger partial charge on any atom is 0.417 e. The van der Waals surface area contributed by atoms with E-state index in [1.807, 2.05) is 0 Å². The van der Waals surface area contributed by atoms with Gasteiger partial charge in [0, 0.05) is 30.2 Å². The van der Waals surface area contributed by atoms with Crippen LogP contribution in [-0.2, 0) is 4.74 Å². The Bertz CT molecular complexity index is 813. The third-order valence-electron chi connectivity index (χ3n) is 4.51. The van der Waals surface area contributed by atoms with Crippen LogP contribution < -0.4 is 0 Å². The number of aromatic nitrogens is 2. The highest BCUT2D eigenvalue weighted by Crippen LogP contribution is 2.54. The molecule has 134 valence electrons. The van der Waals surface area contributed by atoms with E-state index in [1.54, 1.807) is 19.1 Å². The smallest absolute Gasteiger partial charge is 0.369 e. The molecule has 1 aromatic carbocycles. The summed E-state index contributed by atoms with van der Waals surface area (Å²) in [5.74, 6) is -0.404. The number of alkyl halides is 3. The van der Waals surface area contributed by atoms with Crippen molar-refractivity contribution in [1.82, 2.24) is 10.1 Å². The van der Waals surface area contributed by atoms with Gasteiger partial charge in [-0.2, -0.15) is 18.2 Å². The first-order chi connectivity index (χ1) is 11.7. The Hall–Kier alpha value is -2.49. The average molecular weight is 357 g/mol. The molecule has 0 aliphatic heterocycles. The van der Waals surface area contributed by atoms with Crippen molar-refractivity contribution >= 4 is 5.69 Å². The maximum absolute atomic E-state index is 13.0. The monoisotopic (exact) mass is 357 g/mol. The fourth-order valence-electron chi connectivity index (χ4n) is 2.89. The Morgan fingerprint density at radius 3 is 2.64 bits per heavy atom. The highest BCUT2D eigenvalue weighted by atomic mass is 19.4. The molecule has 1 fully saturated rings. The van der Waals surface area contributed by atoms with Gasteiger partial charge in [-0.3, -0.25) is 10.1 Å². The molecule has 0 radical (unpaired) electrons. The third kappa shape index (κ3) is 2.86. The van der Waals surface area contributed by atoms with Gasteiger partial charge in [0.2, 0.25) is 11.7 Å². The van der Waals surface area contributed by atoms with E-state index in [2.05, 4.69) is 14.9 Å². The van der Waals surface area contributed by atoms with Crippen LogP contribution >= 0.6 is 0 Å². The number of nitro groups is 1. The van der Waals surface area contributed by atoms with Gasteiger partial charge in [-0.15, -0.1) is 0 Å². The van der Waals surface area contributed by atoms with Gasteiger partial charge in [-0.1, -0.05) is 17.3 Å². The SMILES string of the molecule is COC1(C(F)(F)F)CC(c2nc(-c3ccc(C)c([N+](=O)[O-])c3)no2)C1. The number of nitro benzene ring substituents is 1. The molecule has 0 unspecified atom stereocenters. The summed E-state index contributed by atoms with van der Waals surface area (Å²) in [7, 11) is 1.02. The lowest BCUT2D eigenvalue weighted by Gasteiger charge is -2.45.